The third kappa shape index (κ3) is 3.34. The maximum Gasteiger partial charge on any atom is 0.120 e. The molecule has 0 heterocycles. The van der Waals surface area contributed by atoms with E-state index in [2.05, 4.69) is 15.9 Å². The Balaban J connectivity index is 2.07. The SMILES string of the molecule is C[C@H](N)c1cccc(OCc2ccccc2Br)c1. The molecule has 0 saturated heterocycles. The fraction of sp³-hybridized carbons (Fsp3) is 0.200. The van der Waals surface area contributed by atoms with E-state index in [1.165, 1.54) is 0 Å². The zero-order chi connectivity index (χ0) is 13.0. The second-order valence-corrected chi connectivity index (χ2v) is 5.10. The topological polar surface area (TPSA) is 35.2 Å². The maximum atomic E-state index is 5.85. The number of rotatable bonds is 4. The van der Waals surface area contributed by atoms with Crippen molar-refractivity contribution in [2.45, 2.75) is 19.6 Å². The lowest BCUT2D eigenvalue weighted by atomic mass is 10.1. The average Bonchev–Trinajstić information content (AvgIpc) is 2.38. The van der Waals surface area contributed by atoms with Gasteiger partial charge in [-0.1, -0.05) is 46.3 Å². The number of benzene rings is 2. The Morgan fingerprint density at radius 1 is 1.17 bits per heavy atom. The quantitative estimate of drug-likeness (QED) is 0.925. The van der Waals surface area contributed by atoms with E-state index in [0.717, 1.165) is 21.3 Å². The standard InChI is InChI=1S/C15H16BrNO/c1-11(17)12-6-4-7-14(9-12)18-10-13-5-2-3-8-15(13)16/h2-9,11H,10,17H2,1H3/t11-/m0/s1. The van der Waals surface area contributed by atoms with Crippen molar-refractivity contribution < 1.29 is 4.74 Å². The summed E-state index contributed by atoms with van der Waals surface area (Å²) in [4.78, 5) is 0. The van der Waals surface area contributed by atoms with Crippen molar-refractivity contribution in [3.8, 4) is 5.75 Å². The van der Waals surface area contributed by atoms with Crippen molar-refractivity contribution in [2.24, 2.45) is 5.73 Å². The molecule has 0 aromatic heterocycles. The molecule has 0 aliphatic carbocycles. The van der Waals surface area contributed by atoms with Gasteiger partial charge in [0.1, 0.15) is 12.4 Å². The molecule has 0 radical (unpaired) electrons. The fourth-order valence-corrected chi connectivity index (χ4v) is 2.06. The number of hydrogen-bond donors (Lipinski definition) is 1. The Bertz CT molecular complexity index is 525. The van der Waals surface area contributed by atoms with Crippen LogP contribution in [-0.2, 0) is 6.61 Å². The summed E-state index contributed by atoms with van der Waals surface area (Å²) in [6, 6.07) is 16.0. The summed E-state index contributed by atoms with van der Waals surface area (Å²) >= 11 is 3.51. The molecule has 0 aliphatic rings. The van der Waals surface area contributed by atoms with Crippen LogP contribution in [0.1, 0.15) is 24.1 Å². The van der Waals surface area contributed by atoms with Gasteiger partial charge in [-0.2, -0.15) is 0 Å². The van der Waals surface area contributed by atoms with Gasteiger partial charge in [0.05, 0.1) is 0 Å². The van der Waals surface area contributed by atoms with Crippen LogP contribution in [0.3, 0.4) is 0 Å². The highest BCUT2D eigenvalue weighted by atomic mass is 79.9. The third-order valence-electron chi connectivity index (χ3n) is 2.74. The Labute approximate surface area is 116 Å². The minimum absolute atomic E-state index is 0.0250. The van der Waals surface area contributed by atoms with E-state index >= 15 is 0 Å². The average molecular weight is 306 g/mol. The first kappa shape index (κ1) is 13.1. The van der Waals surface area contributed by atoms with Crippen LogP contribution in [0, 0.1) is 0 Å². The van der Waals surface area contributed by atoms with Crippen LogP contribution in [-0.4, -0.2) is 0 Å². The molecular formula is C15H16BrNO. The van der Waals surface area contributed by atoms with E-state index in [9.17, 15) is 0 Å². The molecule has 0 saturated carbocycles. The van der Waals surface area contributed by atoms with E-state index in [-0.39, 0.29) is 6.04 Å². The molecule has 2 aromatic carbocycles. The monoisotopic (exact) mass is 305 g/mol. The predicted molar refractivity (Wildman–Crippen MR) is 77.5 cm³/mol. The lowest BCUT2D eigenvalue weighted by Gasteiger charge is -2.10. The summed E-state index contributed by atoms with van der Waals surface area (Å²) in [5.41, 5.74) is 8.06. The number of nitrogens with two attached hydrogens (primary N) is 1. The Morgan fingerprint density at radius 2 is 1.94 bits per heavy atom. The van der Waals surface area contributed by atoms with E-state index in [0.29, 0.717) is 6.61 Å². The molecule has 0 aliphatic heterocycles. The molecule has 2 N–H and O–H groups in total. The largest absolute Gasteiger partial charge is 0.489 e. The van der Waals surface area contributed by atoms with E-state index in [4.69, 9.17) is 10.5 Å². The maximum absolute atomic E-state index is 5.85. The van der Waals surface area contributed by atoms with Crippen LogP contribution >= 0.6 is 15.9 Å². The molecule has 0 unspecified atom stereocenters. The van der Waals surface area contributed by atoms with Crippen LogP contribution < -0.4 is 10.5 Å². The summed E-state index contributed by atoms with van der Waals surface area (Å²) in [7, 11) is 0. The summed E-state index contributed by atoms with van der Waals surface area (Å²) in [5.74, 6) is 0.848. The van der Waals surface area contributed by atoms with Gasteiger partial charge >= 0.3 is 0 Å². The third-order valence-corrected chi connectivity index (χ3v) is 3.51. The molecule has 2 aromatic rings. The highest BCUT2D eigenvalue weighted by molar-refractivity contribution is 9.10. The molecule has 2 nitrogen and oxygen atoms in total. The van der Waals surface area contributed by atoms with Crippen LogP contribution in [0.4, 0.5) is 0 Å². The van der Waals surface area contributed by atoms with Gasteiger partial charge in [-0.15, -0.1) is 0 Å². The first-order valence-electron chi connectivity index (χ1n) is 5.88. The molecule has 2 rings (SSSR count). The highest BCUT2D eigenvalue weighted by Crippen LogP contribution is 2.21. The smallest absolute Gasteiger partial charge is 0.120 e. The van der Waals surface area contributed by atoms with Crippen LogP contribution in [0.2, 0.25) is 0 Å². The van der Waals surface area contributed by atoms with E-state index < -0.39 is 0 Å². The second kappa shape index (κ2) is 6.03. The van der Waals surface area contributed by atoms with Crippen molar-refractivity contribution in [2.75, 3.05) is 0 Å². The molecule has 0 amide bonds. The van der Waals surface area contributed by atoms with E-state index in [1.54, 1.807) is 0 Å². The van der Waals surface area contributed by atoms with Crippen molar-refractivity contribution in [1.82, 2.24) is 0 Å². The van der Waals surface area contributed by atoms with Crippen LogP contribution in [0.5, 0.6) is 5.75 Å². The van der Waals surface area contributed by atoms with Crippen molar-refractivity contribution in [3.05, 3.63) is 64.1 Å². The van der Waals surface area contributed by atoms with Gasteiger partial charge in [-0.3, -0.25) is 0 Å². The normalized spacial score (nSPS) is 12.2. The minimum Gasteiger partial charge on any atom is -0.489 e. The fourth-order valence-electron chi connectivity index (χ4n) is 1.66. The number of hydrogen-bond acceptors (Lipinski definition) is 2. The Kier molecular flexibility index (Phi) is 4.39. The van der Waals surface area contributed by atoms with Crippen LogP contribution in [0.15, 0.2) is 53.0 Å². The summed E-state index contributed by atoms with van der Waals surface area (Å²) in [5, 5.41) is 0. The van der Waals surface area contributed by atoms with Crippen molar-refractivity contribution >= 4 is 15.9 Å². The van der Waals surface area contributed by atoms with Gasteiger partial charge in [0.15, 0.2) is 0 Å². The molecule has 1 atom stereocenters. The first-order valence-corrected chi connectivity index (χ1v) is 6.68. The summed E-state index contributed by atoms with van der Waals surface area (Å²) < 4.78 is 6.84. The molecule has 18 heavy (non-hydrogen) atoms. The number of ether oxygens (including phenoxy) is 1. The predicted octanol–water partition coefficient (Wildman–Crippen LogP) is 4.05. The highest BCUT2D eigenvalue weighted by Gasteiger charge is 2.03. The molecular weight excluding hydrogens is 290 g/mol. The van der Waals surface area contributed by atoms with Gasteiger partial charge in [-0.25, -0.2) is 0 Å². The van der Waals surface area contributed by atoms with Crippen LogP contribution in [0.25, 0.3) is 0 Å². The van der Waals surface area contributed by atoms with Crippen molar-refractivity contribution in [3.63, 3.8) is 0 Å². The zero-order valence-corrected chi connectivity index (χ0v) is 11.9. The van der Waals surface area contributed by atoms with Crippen molar-refractivity contribution in [1.29, 1.82) is 0 Å². The van der Waals surface area contributed by atoms with Gasteiger partial charge in [0.25, 0.3) is 0 Å². The molecule has 0 bridgehead atoms. The Morgan fingerprint density at radius 3 is 2.67 bits per heavy atom. The van der Waals surface area contributed by atoms with E-state index in [1.807, 2.05) is 55.5 Å². The van der Waals surface area contributed by atoms with Gasteiger partial charge in [-0.05, 0) is 30.7 Å². The minimum atomic E-state index is 0.0250. The molecule has 3 heteroatoms. The lowest BCUT2D eigenvalue weighted by Crippen LogP contribution is -2.05. The summed E-state index contributed by atoms with van der Waals surface area (Å²) in [6.45, 7) is 2.51. The Hall–Kier alpha value is -1.32. The summed E-state index contributed by atoms with van der Waals surface area (Å²) in [6.07, 6.45) is 0. The zero-order valence-electron chi connectivity index (χ0n) is 10.3. The molecule has 0 fully saturated rings. The molecule has 0 spiro atoms. The lowest BCUT2D eigenvalue weighted by molar-refractivity contribution is 0.305. The van der Waals surface area contributed by atoms with Gasteiger partial charge < -0.3 is 10.5 Å². The number of halogens is 1. The second-order valence-electron chi connectivity index (χ2n) is 4.24. The van der Waals surface area contributed by atoms with Gasteiger partial charge in [0.2, 0.25) is 0 Å². The molecule has 94 valence electrons. The first-order chi connectivity index (χ1) is 8.66. The van der Waals surface area contributed by atoms with Gasteiger partial charge in [0, 0.05) is 16.1 Å².